The second-order valence-corrected chi connectivity index (χ2v) is 4.99. The highest BCUT2D eigenvalue weighted by atomic mass is 19.1. The van der Waals surface area contributed by atoms with Gasteiger partial charge in [-0.3, -0.25) is 4.79 Å². The summed E-state index contributed by atoms with van der Waals surface area (Å²) in [6, 6.07) is 1.24. The van der Waals surface area contributed by atoms with Crippen LogP contribution >= 0.6 is 0 Å². The van der Waals surface area contributed by atoms with Gasteiger partial charge in [-0.05, 0) is 24.8 Å². The van der Waals surface area contributed by atoms with E-state index in [1.165, 1.54) is 6.07 Å². The number of carbonyl (C=O) groups excluding carboxylic acids is 1. The molecule has 20 heavy (non-hydrogen) atoms. The highest BCUT2D eigenvalue weighted by Crippen LogP contribution is 2.21. The number of ether oxygens (including phenoxy) is 1. The Kier molecular flexibility index (Phi) is 4.89. The van der Waals surface area contributed by atoms with Gasteiger partial charge in [0, 0.05) is 33.9 Å². The molecule has 1 saturated heterocycles. The first-order valence-electron chi connectivity index (χ1n) is 6.77. The Bertz CT molecular complexity index is 473. The SMILES string of the molecule is CNc1ncc(F)cc1C(=O)N1CCC(COC)CC1. The summed E-state index contributed by atoms with van der Waals surface area (Å²) >= 11 is 0. The Balaban J connectivity index is 2.07. The molecule has 110 valence electrons. The number of methoxy groups -OCH3 is 1. The van der Waals surface area contributed by atoms with Crippen molar-refractivity contribution in [2.75, 3.05) is 39.2 Å². The van der Waals surface area contributed by atoms with Crippen molar-refractivity contribution in [3.63, 3.8) is 0 Å². The fourth-order valence-corrected chi connectivity index (χ4v) is 2.51. The summed E-state index contributed by atoms with van der Waals surface area (Å²) < 4.78 is 18.4. The lowest BCUT2D eigenvalue weighted by Crippen LogP contribution is -2.39. The summed E-state index contributed by atoms with van der Waals surface area (Å²) in [5.41, 5.74) is 0.290. The number of anilines is 1. The molecule has 0 radical (unpaired) electrons. The lowest BCUT2D eigenvalue weighted by atomic mass is 9.97. The number of rotatable bonds is 4. The molecule has 1 aliphatic rings. The van der Waals surface area contributed by atoms with Crippen molar-refractivity contribution in [3.8, 4) is 0 Å². The number of carbonyl (C=O) groups is 1. The molecule has 6 heteroatoms. The van der Waals surface area contributed by atoms with Crippen molar-refractivity contribution in [2.45, 2.75) is 12.8 Å². The van der Waals surface area contributed by atoms with Crippen LogP contribution in [-0.4, -0.2) is 49.6 Å². The van der Waals surface area contributed by atoms with Crippen molar-refractivity contribution in [1.29, 1.82) is 0 Å². The number of amides is 1. The van der Waals surface area contributed by atoms with Crippen LogP contribution in [0.3, 0.4) is 0 Å². The fourth-order valence-electron chi connectivity index (χ4n) is 2.51. The predicted octanol–water partition coefficient (Wildman–Crippen LogP) is 1.76. The molecule has 1 aromatic rings. The van der Waals surface area contributed by atoms with Crippen LogP contribution in [0.15, 0.2) is 12.3 Å². The lowest BCUT2D eigenvalue weighted by molar-refractivity contribution is 0.0613. The Morgan fingerprint density at radius 1 is 1.55 bits per heavy atom. The number of pyridine rings is 1. The summed E-state index contributed by atoms with van der Waals surface area (Å²) in [7, 11) is 3.36. The van der Waals surface area contributed by atoms with Crippen LogP contribution in [0, 0.1) is 11.7 Å². The second-order valence-electron chi connectivity index (χ2n) is 4.99. The standard InChI is InChI=1S/C14H20FN3O2/c1-16-13-12(7-11(15)8-17-13)14(19)18-5-3-10(4-6-18)9-20-2/h7-8,10H,3-6,9H2,1-2H3,(H,16,17). The third-order valence-electron chi connectivity index (χ3n) is 3.63. The molecule has 1 aliphatic heterocycles. The molecule has 0 aliphatic carbocycles. The zero-order chi connectivity index (χ0) is 14.5. The van der Waals surface area contributed by atoms with Crippen molar-refractivity contribution < 1.29 is 13.9 Å². The second kappa shape index (κ2) is 6.65. The monoisotopic (exact) mass is 281 g/mol. The maximum atomic E-state index is 13.3. The minimum atomic E-state index is -0.499. The molecule has 0 atom stereocenters. The van der Waals surface area contributed by atoms with E-state index in [-0.39, 0.29) is 11.5 Å². The smallest absolute Gasteiger partial charge is 0.257 e. The third-order valence-corrected chi connectivity index (χ3v) is 3.63. The van der Waals surface area contributed by atoms with Crippen molar-refractivity contribution in [1.82, 2.24) is 9.88 Å². The molecule has 0 saturated carbocycles. The van der Waals surface area contributed by atoms with Gasteiger partial charge in [0.25, 0.3) is 5.91 Å². The Morgan fingerprint density at radius 2 is 2.25 bits per heavy atom. The number of aromatic nitrogens is 1. The Morgan fingerprint density at radius 3 is 2.85 bits per heavy atom. The van der Waals surface area contributed by atoms with E-state index < -0.39 is 5.82 Å². The van der Waals surface area contributed by atoms with E-state index in [0.717, 1.165) is 25.6 Å². The lowest BCUT2D eigenvalue weighted by Gasteiger charge is -2.32. The van der Waals surface area contributed by atoms with E-state index in [1.807, 2.05) is 0 Å². The summed E-state index contributed by atoms with van der Waals surface area (Å²) in [6.45, 7) is 2.07. The fraction of sp³-hybridized carbons (Fsp3) is 0.571. The molecule has 2 rings (SSSR count). The molecule has 1 N–H and O–H groups in total. The van der Waals surface area contributed by atoms with E-state index in [4.69, 9.17) is 4.74 Å². The molecule has 0 bridgehead atoms. The summed E-state index contributed by atoms with van der Waals surface area (Å²) in [5.74, 6) is 0.243. The van der Waals surface area contributed by atoms with Crippen molar-refractivity contribution in [2.24, 2.45) is 5.92 Å². The van der Waals surface area contributed by atoms with Gasteiger partial charge >= 0.3 is 0 Å². The largest absolute Gasteiger partial charge is 0.384 e. The average molecular weight is 281 g/mol. The van der Waals surface area contributed by atoms with Gasteiger partial charge in [0.1, 0.15) is 11.6 Å². The number of nitrogens with zero attached hydrogens (tertiary/aromatic N) is 2. The minimum Gasteiger partial charge on any atom is -0.384 e. The molecule has 1 fully saturated rings. The van der Waals surface area contributed by atoms with Gasteiger partial charge < -0.3 is 15.0 Å². The van der Waals surface area contributed by atoms with Gasteiger partial charge in [0.15, 0.2) is 0 Å². The molecule has 1 amide bonds. The molecular formula is C14H20FN3O2. The highest BCUT2D eigenvalue weighted by molar-refractivity contribution is 5.98. The molecule has 2 heterocycles. The third kappa shape index (κ3) is 3.25. The van der Waals surface area contributed by atoms with Gasteiger partial charge in [-0.2, -0.15) is 0 Å². The van der Waals surface area contributed by atoms with Gasteiger partial charge in [-0.15, -0.1) is 0 Å². The normalized spacial score (nSPS) is 16.2. The van der Waals surface area contributed by atoms with Crippen LogP contribution in [0.4, 0.5) is 10.2 Å². The number of likely N-dealkylation sites (tertiary alicyclic amines) is 1. The summed E-state index contributed by atoms with van der Waals surface area (Å²) in [6.07, 6.45) is 2.93. The predicted molar refractivity (Wildman–Crippen MR) is 74.2 cm³/mol. The van der Waals surface area contributed by atoms with Gasteiger partial charge in [0.05, 0.1) is 11.8 Å². The summed E-state index contributed by atoms with van der Waals surface area (Å²) in [4.78, 5) is 18.1. The molecular weight excluding hydrogens is 261 g/mol. The molecule has 0 spiro atoms. The topological polar surface area (TPSA) is 54.5 Å². The quantitative estimate of drug-likeness (QED) is 0.913. The van der Waals surface area contributed by atoms with Gasteiger partial charge in [-0.25, -0.2) is 9.37 Å². The van der Waals surface area contributed by atoms with Crippen LogP contribution in [-0.2, 0) is 4.74 Å². The van der Waals surface area contributed by atoms with E-state index in [9.17, 15) is 9.18 Å². The maximum absolute atomic E-state index is 13.3. The first kappa shape index (κ1) is 14.7. The van der Waals surface area contributed by atoms with E-state index >= 15 is 0 Å². The van der Waals surface area contributed by atoms with Crippen LogP contribution in [0.25, 0.3) is 0 Å². The van der Waals surface area contributed by atoms with Crippen LogP contribution in [0.5, 0.6) is 0 Å². The highest BCUT2D eigenvalue weighted by Gasteiger charge is 2.25. The number of hydrogen-bond donors (Lipinski definition) is 1. The first-order chi connectivity index (χ1) is 9.65. The average Bonchev–Trinajstić information content (AvgIpc) is 2.47. The van der Waals surface area contributed by atoms with Crippen LogP contribution in [0.2, 0.25) is 0 Å². The first-order valence-corrected chi connectivity index (χ1v) is 6.77. The summed E-state index contributed by atoms with van der Waals surface area (Å²) in [5, 5.41) is 2.83. The number of piperidine rings is 1. The van der Waals surface area contributed by atoms with Crippen LogP contribution < -0.4 is 5.32 Å². The molecule has 0 aromatic carbocycles. The molecule has 5 nitrogen and oxygen atoms in total. The number of halogens is 1. The van der Waals surface area contributed by atoms with Crippen molar-refractivity contribution >= 4 is 11.7 Å². The number of hydrogen-bond acceptors (Lipinski definition) is 4. The molecule has 1 aromatic heterocycles. The Labute approximate surface area is 118 Å². The zero-order valence-corrected chi connectivity index (χ0v) is 11.9. The van der Waals surface area contributed by atoms with Gasteiger partial charge in [0.2, 0.25) is 0 Å². The Hall–Kier alpha value is -1.69. The molecule has 0 unspecified atom stereocenters. The van der Waals surface area contributed by atoms with Crippen molar-refractivity contribution in [3.05, 3.63) is 23.6 Å². The minimum absolute atomic E-state index is 0.169. The maximum Gasteiger partial charge on any atom is 0.257 e. The van der Waals surface area contributed by atoms with Gasteiger partial charge in [-0.1, -0.05) is 0 Å². The zero-order valence-electron chi connectivity index (χ0n) is 11.9. The van der Waals surface area contributed by atoms with E-state index in [2.05, 4.69) is 10.3 Å². The number of nitrogens with one attached hydrogen (secondary N) is 1. The van der Waals surface area contributed by atoms with E-state index in [1.54, 1.807) is 19.1 Å². The van der Waals surface area contributed by atoms with Crippen LogP contribution in [0.1, 0.15) is 23.2 Å². The van der Waals surface area contributed by atoms with E-state index in [0.29, 0.717) is 24.8 Å².